The zero-order chi connectivity index (χ0) is 11.4. The monoisotopic (exact) mass is 224 g/mol. The molecule has 1 aliphatic heterocycles. The lowest BCUT2D eigenvalue weighted by atomic mass is 10.0. The van der Waals surface area contributed by atoms with Crippen LogP contribution in [0.1, 0.15) is 38.5 Å². The van der Waals surface area contributed by atoms with Crippen molar-refractivity contribution in [3.63, 3.8) is 0 Å². The molecule has 0 bridgehead atoms. The number of ether oxygens (including phenoxy) is 1. The molecule has 0 aromatic rings. The van der Waals surface area contributed by atoms with Crippen molar-refractivity contribution in [2.24, 2.45) is 11.8 Å². The molecule has 0 aromatic carbocycles. The van der Waals surface area contributed by atoms with E-state index in [2.05, 4.69) is 11.9 Å². The van der Waals surface area contributed by atoms with Crippen LogP contribution in [0.15, 0.2) is 0 Å². The van der Waals surface area contributed by atoms with Gasteiger partial charge in [-0.25, -0.2) is 0 Å². The summed E-state index contributed by atoms with van der Waals surface area (Å²) < 4.78 is 5.49. The summed E-state index contributed by atoms with van der Waals surface area (Å²) in [6.07, 6.45) is 7.53. The van der Waals surface area contributed by atoms with Gasteiger partial charge in [-0.3, -0.25) is 5.41 Å². The van der Waals surface area contributed by atoms with E-state index in [-0.39, 0.29) is 0 Å². The van der Waals surface area contributed by atoms with Crippen molar-refractivity contribution in [3.8, 4) is 0 Å². The normalized spacial score (nSPS) is 26.9. The molecule has 16 heavy (non-hydrogen) atoms. The van der Waals surface area contributed by atoms with E-state index in [0.717, 1.165) is 25.6 Å². The van der Waals surface area contributed by atoms with E-state index in [4.69, 9.17) is 10.1 Å². The van der Waals surface area contributed by atoms with Crippen LogP contribution in [0.5, 0.6) is 0 Å². The highest BCUT2D eigenvalue weighted by atomic mass is 16.5. The Kier molecular flexibility index (Phi) is 4.22. The van der Waals surface area contributed by atoms with E-state index in [1.165, 1.54) is 38.5 Å². The molecule has 2 rings (SSSR count). The SMILES string of the molecule is CN(CC1CCCOC1)C(=N)C1CCCC1. The topological polar surface area (TPSA) is 36.3 Å². The first-order valence-corrected chi connectivity index (χ1v) is 6.64. The summed E-state index contributed by atoms with van der Waals surface area (Å²) >= 11 is 0. The summed E-state index contributed by atoms with van der Waals surface area (Å²) in [5.74, 6) is 2.04. The minimum Gasteiger partial charge on any atom is -0.381 e. The Morgan fingerprint density at radius 1 is 1.25 bits per heavy atom. The molecule has 1 N–H and O–H groups in total. The first-order valence-electron chi connectivity index (χ1n) is 6.64. The van der Waals surface area contributed by atoms with Gasteiger partial charge in [0.05, 0.1) is 12.4 Å². The lowest BCUT2D eigenvalue weighted by molar-refractivity contribution is 0.0481. The summed E-state index contributed by atoms with van der Waals surface area (Å²) in [6, 6.07) is 0. The molecule has 1 unspecified atom stereocenters. The van der Waals surface area contributed by atoms with Crippen LogP contribution in [0.3, 0.4) is 0 Å². The fourth-order valence-corrected chi connectivity index (χ4v) is 2.95. The zero-order valence-corrected chi connectivity index (χ0v) is 10.4. The zero-order valence-electron chi connectivity index (χ0n) is 10.4. The van der Waals surface area contributed by atoms with Crippen molar-refractivity contribution in [3.05, 3.63) is 0 Å². The van der Waals surface area contributed by atoms with E-state index in [9.17, 15) is 0 Å². The number of nitrogens with zero attached hydrogens (tertiary/aromatic N) is 1. The van der Waals surface area contributed by atoms with Gasteiger partial charge >= 0.3 is 0 Å². The quantitative estimate of drug-likeness (QED) is 0.590. The fourth-order valence-electron chi connectivity index (χ4n) is 2.95. The second-order valence-corrected chi connectivity index (χ2v) is 5.33. The first-order chi connectivity index (χ1) is 7.77. The molecule has 92 valence electrons. The standard InChI is InChI=1S/C13H24N2O/c1-15(9-11-5-4-8-16-10-11)13(14)12-6-2-3-7-12/h11-12,14H,2-10H2,1H3. The first kappa shape index (κ1) is 11.9. The molecule has 0 amide bonds. The third-order valence-electron chi connectivity index (χ3n) is 3.94. The van der Waals surface area contributed by atoms with Crippen LogP contribution in [0.2, 0.25) is 0 Å². The van der Waals surface area contributed by atoms with E-state index in [1.54, 1.807) is 0 Å². The van der Waals surface area contributed by atoms with Crippen molar-refractivity contribution < 1.29 is 4.74 Å². The molecular weight excluding hydrogens is 200 g/mol. The predicted molar refractivity (Wildman–Crippen MR) is 65.9 cm³/mol. The van der Waals surface area contributed by atoms with Crippen LogP contribution in [-0.4, -0.2) is 37.5 Å². The highest BCUT2D eigenvalue weighted by molar-refractivity contribution is 5.81. The number of nitrogens with one attached hydrogen (secondary N) is 1. The summed E-state index contributed by atoms with van der Waals surface area (Å²) in [7, 11) is 2.08. The molecule has 0 radical (unpaired) electrons. The summed E-state index contributed by atoms with van der Waals surface area (Å²) in [6.45, 7) is 2.83. The van der Waals surface area contributed by atoms with Crippen molar-refractivity contribution >= 4 is 5.84 Å². The van der Waals surface area contributed by atoms with Gasteiger partial charge in [-0.2, -0.15) is 0 Å². The number of hydrogen-bond donors (Lipinski definition) is 1. The number of rotatable bonds is 3. The Balaban J connectivity index is 1.77. The minimum absolute atomic E-state index is 0.537. The van der Waals surface area contributed by atoms with Crippen LogP contribution in [0.25, 0.3) is 0 Å². The van der Waals surface area contributed by atoms with Gasteiger partial charge < -0.3 is 9.64 Å². The molecule has 1 saturated carbocycles. The van der Waals surface area contributed by atoms with Crippen molar-refractivity contribution in [1.82, 2.24) is 4.90 Å². The third-order valence-corrected chi connectivity index (χ3v) is 3.94. The molecule has 2 aliphatic rings. The maximum Gasteiger partial charge on any atom is 0.0986 e. The van der Waals surface area contributed by atoms with Crippen LogP contribution >= 0.6 is 0 Å². The lowest BCUT2D eigenvalue weighted by Gasteiger charge is -2.30. The van der Waals surface area contributed by atoms with Gasteiger partial charge in [0.2, 0.25) is 0 Å². The average Bonchev–Trinajstić information content (AvgIpc) is 2.83. The average molecular weight is 224 g/mol. The van der Waals surface area contributed by atoms with Gasteiger partial charge in [0.25, 0.3) is 0 Å². The maximum absolute atomic E-state index is 8.20. The van der Waals surface area contributed by atoms with Crippen LogP contribution in [0, 0.1) is 17.2 Å². The van der Waals surface area contributed by atoms with Crippen LogP contribution in [0.4, 0.5) is 0 Å². The van der Waals surface area contributed by atoms with Crippen LogP contribution in [-0.2, 0) is 4.74 Å². The Hall–Kier alpha value is -0.570. The van der Waals surface area contributed by atoms with Gasteiger partial charge in [0.1, 0.15) is 0 Å². The van der Waals surface area contributed by atoms with E-state index in [1.807, 2.05) is 0 Å². The second-order valence-electron chi connectivity index (χ2n) is 5.33. The molecule has 3 nitrogen and oxygen atoms in total. The van der Waals surface area contributed by atoms with E-state index < -0.39 is 0 Å². The molecular formula is C13H24N2O. The molecule has 1 heterocycles. The maximum atomic E-state index is 8.20. The Bertz CT molecular complexity index is 230. The summed E-state index contributed by atoms with van der Waals surface area (Å²) in [5.41, 5.74) is 0. The van der Waals surface area contributed by atoms with Crippen LogP contribution < -0.4 is 0 Å². The Morgan fingerprint density at radius 3 is 2.62 bits per heavy atom. The van der Waals surface area contributed by atoms with E-state index >= 15 is 0 Å². The molecule has 1 aliphatic carbocycles. The fraction of sp³-hybridized carbons (Fsp3) is 0.923. The molecule has 2 fully saturated rings. The van der Waals surface area contributed by atoms with Crippen molar-refractivity contribution in [2.45, 2.75) is 38.5 Å². The molecule has 0 spiro atoms. The molecule has 0 aromatic heterocycles. The number of amidine groups is 1. The van der Waals surface area contributed by atoms with E-state index in [0.29, 0.717) is 11.8 Å². The third kappa shape index (κ3) is 2.97. The van der Waals surface area contributed by atoms with Gasteiger partial charge in [-0.05, 0) is 31.6 Å². The Labute approximate surface area is 98.7 Å². The van der Waals surface area contributed by atoms with Gasteiger partial charge in [-0.1, -0.05) is 12.8 Å². The van der Waals surface area contributed by atoms with Gasteiger partial charge in [0, 0.05) is 26.1 Å². The molecule has 1 saturated heterocycles. The highest BCUT2D eigenvalue weighted by Crippen LogP contribution is 2.27. The lowest BCUT2D eigenvalue weighted by Crippen LogP contribution is -2.37. The number of hydrogen-bond acceptors (Lipinski definition) is 2. The highest BCUT2D eigenvalue weighted by Gasteiger charge is 2.24. The van der Waals surface area contributed by atoms with Crippen molar-refractivity contribution in [2.75, 3.05) is 26.8 Å². The van der Waals surface area contributed by atoms with Crippen molar-refractivity contribution in [1.29, 1.82) is 5.41 Å². The largest absolute Gasteiger partial charge is 0.381 e. The molecule has 1 atom stereocenters. The van der Waals surface area contributed by atoms with Gasteiger partial charge in [0.15, 0.2) is 0 Å². The second kappa shape index (κ2) is 5.67. The Morgan fingerprint density at radius 2 is 2.00 bits per heavy atom. The van der Waals surface area contributed by atoms with Gasteiger partial charge in [-0.15, -0.1) is 0 Å². The minimum atomic E-state index is 0.537. The molecule has 3 heteroatoms. The summed E-state index contributed by atoms with van der Waals surface area (Å²) in [5, 5.41) is 8.20. The smallest absolute Gasteiger partial charge is 0.0986 e. The summed E-state index contributed by atoms with van der Waals surface area (Å²) in [4.78, 5) is 2.16. The predicted octanol–water partition coefficient (Wildman–Crippen LogP) is 2.51.